The van der Waals surface area contributed by atoms with Gasteiger partial charge in [0.2, 0.25) is 0 Å². The topological polar surface area (TPSA) is 66.7 Å². The summed E-state index contributed by atoms with van der Waals surface area (Å²) in [6, 6.07) is 5.80. The minimum absolute atomic E-state index is 0.779. The van der Waals surface area contributed by atoms with Gasteiger partial charge in [-0.3, -0.25) is 0 Å². The van der Waals surface area contributed by atoms with Gasteiger partial charge >= 0.3 is 0 Å². The van der Waals surface area contributed by atoms with Gasteiger partial charge < -0.3 is 16.0 Å². The highest BCUT2D eigenvalue weighted by atomic mass is 32.2. The summed E-state index contributed by atoms with van der Waals surface area (Å²) in [5.74, 6) is 1.96. The van der Waals surface area contributed by atoms with E-state index >= 15 is 0 Å². The zero-order valence-corrected chi connectivity index (χ0v) is 11.8. The average molecular weight is 276 g/mol. The second-order valence-corrected chi connectivity index (χ2v) is 6.25. The summed E-state index contributed by atoms with van der Waals surface area (Å²) in [6.45, 7) is 2.37. The Kier molecular flexibility index (Phi) is 3.94. The molecule has 0 radical (unpaired) electrons. The van der Waals surface area contributed by atoms with Crippen molar-refractivity contribution >= 4 is 28.5 Å². The Balaban J connectivity index is 1.56. The van der Waals surface area contributed by atoms with Crippen LogP contribution in [-0.2, 0) is 0 Å². The number of aromatic amines is 1. The first kappa shape index (κ1) is 12.8. The number of rotatable bonds is 4. The van der Waals surface area contributed by atoms with Crippen molar-refractivity contribution in [1.82, 2.24) is 15.3 Å². The Morgan fingerprint density at radius 2 is 2.37 bits per heavy atom. The third-order valence-corrected chi connectivity index (χ3v) is 4.55. The van der Waals surface area contributed by atoms with Crippen molar-refractivity contribution in [1.29, 1.82) is 0 Å². The van der Waals surface area contributed by atoms with E-state index in [-0.39, 0.29) is 0 Å². The molecule has 19 heavy (non-hydrogen) atoms. The first-order chi connectivity index (χ1) is 9.31. The molecule has 1 unspecified atom stereocenters. The van der Waals surface area contributed by atoms with E-state index in [4.69, 9.17) is 5.73 Å². The summed E-state index contributed by atoms with van der Waals surface area (Å²) < 4.78 is 0. The van der Waals surface area contributed by atoms with Gasteiger partial charge in [0.25, 0.3) is 0 Å². The number of hydrogen-bond donors (Lipinski definition) is 3. The van der Waals surface area contributed by atoms with Gasteiger partial charge in [-0.05, 0) is 56.5 Å². The fraction of sp³-hybridized carbons (Fsp3) is 0.500. The van der Waals surface area contributed by atoms with Crippen LogP contribution < -0.4 is 11.1 Å². The molecule has 2 aromatic rings. The second kappa shape index (κ2) is 5.84. The van der Waals surface area contributed by atoms with Crippen LogP contribution in [0.5, 0.6) is 0 Å². The molecule has 1 aliphatic rings. The van der Waals surface area contributed by atoms with Crippen molar-refractivity contribution in [2.45, 2.75) is 24.4 Å². The fourth-order valence-electron chi connectivity index (χ4n) is 2.56. The fourth-order valence-corrected chi connectivity index (χ4v) is 3.55. The van der Waals surface area contributed by atoms with E-state index in [1.165, 1.54) is 32.4 Å². The lowest BCUT2D eigenvalue weighted by Crippen LogP contribution is -2.29. The summed E-state index contributed by atoms with van der Waals surface area (Å²) in [4.78, 5) is 7.90. The van der Waals surface area contributed by atoms with Gasteiger partial charge in [-0.2, -0.15) is 0 Å². The van der Waals surface area contributed by atoms with Gasteiger partial charge in [0.1, 0.15) is 0 Å². The average Bonchev–Trinajstić information content (AvgIpc) is 2.82. The van der Waals surface area contributed by atoms with Gasteiger partial charge in [-0.25, -0.2) is 4.98 Å². The first-order valence-electron chi connectivity index (χ1n) is 6.90. The van der Waals surface area contributed by atoms with E-state index in [2.05, 4.69) is 15.3 Å². The number of nitrogen functional groups attached to an aromatic ring is 1. The summed E-state index contributed by atoms with van der Waals surface area (Å²) in [5.41, 5.74) is 8.57. The van der Waals surface area contributed by atoms with Crippen LogP contribution in [0.15, 0.2) is 23.4 Å². The lowest BCUT2D eigenvalue weighted by Gasteiger charge is -2.22. The predicted octanol–water partition coefficient (Wildman–Crippen LogP) is 2.63. The SMILES string of the molecule is Nc1ccc2nc(SCCC3CCCNC3)[nH]c2c1. The third kappa shape index (κ3) is 3.22. The molecule has 0 bridgehead atoms. The number of aromatic nitrogens is 2. The molecule has 0 saturated carbocycles. The van der Waals surface area contributed by atoms with Gasteiger partial charge in [0.05, 0.1) is 11.0 Å². The molecule has 4 N–H and O–H groups in total. The molecule has 5 heteroatoms. The first-order valence-corrected chi connectivity index (χ1v) is 7.88. The number of anilines is 1. The van der Waals surface area contributed by atoms with Crippen LogP contribution in [0.25, 0.3) is 11.0 Å². The molecule has 0 aliphatic carbocycles. The number of nitrogens with one attached hydrogen (secondary N) is 2. The molecule has 1 atom stereocenters. The number of fused-ring (bicyclic) bond motifs is 1. The van der Waals surface area contributed by atoms with E-state index in [0.29, 0.717) is 0 Å². The summed E-state index contributed by atoms with van der Waals surface area (Å²) >= 11 is 1.81. The molecule has 1 fully saturated rings. The molecule has 2 heterocycles. The van der Waals surface area contributed by atoms with Crippen molar-refractivity contribution in [2.75, 3.05) is 24.6 Å². The molecule has 1 aliphatic heterocycles. The van der Waals surface area contributed by atoms with Crippen molar-refractivity contribution in [3.63, 3.8) is 0 Å². The Morgan fingerprint density at radius 3 is 3.21 bits per heavy atom. The molecular weight excluding hydrogens is 256 g/mol. The van der Waals surface area contributed by atoms with Gasteiger partial charge in [-0.15, -0.1) is 0 Å². The largest absolute Gasteiger partial charge is 0.399 e. The highest BCUT2D eigenvalue weighted by Gasteiger charge is 2.13. The van der Waals surface area contributed by atoms with E-state index in [1.54, 1.807) is 0 Å². The Morgan fingerprint density at radius 1 is 1.42 bits per heavy atom. The molecule has 4 nitrogen and oxygen atoms in total. The van der Waals surface area contributed by atoms with Crippen LogP contribution in [0.2, 0.25) is 0 Å². The Hall–Kier alpha value is -1.20. The molecule has 1 aromatic carbocycles. The van der Waals surface area contributed by atoms with E-state index in [1.807, 2.05) is 30.0 Å². The number of H-pyrrole nitrogens is 1. The quantitative estimate of drug-likeness (QED) is 0.593. The van der Waals surface area contributed by atoms with Gasteiger partial charge in [0, 0.05) is 11.4 Å². The van der Waals surface area contributed by atoms with Crippen molar-refractivity contribution in [2.24, 2.45) is 5.92 Å². The van der Waals surface area contributed by atoms with E-state index in [0.717, 1.165) is 33.5 Å². The Bertz CT molecular complexity index is 545. The smallest absolute Gasteiger partial charge is 0.166 e. The molecule has 0 spiro atoms. The van der Waals surface area contributed by atoms with Gasteiger partial charge in [-0.1, -0.05) is 11.8 Å². The number of hydrogen-bond acceptors (Lipinski definition) is 4. The van der Waals surface area contributed by atoms with Crippen molar-refractivity contribution < 1.29 is 0 Å². The standard InChI is InChI=1S/C14H20N4S/c15-11-3-4-12-13(8-11)18-14(17-12)19-7-5-10-2-1-6-16-9-10/h3-4,8,10,16H,1-2,5-7,9,15H2,(H,17,18). The van der Waals surface area contributed by atoms with E-state index < -0.39 is 0 Å². The molecule has 0 amide bonds. The maximum atomic E-state index is 5.77. The van der Waals surface area contributed by atoms with Crippen molar-refractivity contribution in [3.05, 3.63) is 18.2 Å². The summed E-state index contributed by atoms with van der Waals surface area (Å²) in [5, 5.41) is 4.47. The number of nitrogens with two attached hydrogens (primary N) is 1. The third-order valence-electron chi connectivity index (χ3n) is 3.65. The zero-order chi connectivity index (χ0) is 13.1. The zero-order valence-electron chi connectivity index (χ0n) is 11.0. The van der Waals surface area contributed by atoms with Crippen molar-refractivity contribution in [3.8, 4) is 0 Å². The minimum atomic E-state index is 0.779. The second-order valence-electron chi connectivity index (χ2n) is 5.17. The number of thioether (sulfide) groups is 1. The van der Waals surface area contributed by atoms with Crippen LogP contribution in [0.3, 0.4) is 0 Å². The molecule has 3 rings (SSSR count). The van der Waals surface area contributed by atoms with Gasteiger partial charge in [0.15, 0.2) is 5.16 Å². The minimum Gasteiger partial charge on any atom is -0.399 e. The van der Waals surface area contributed by atoms with Crippen LogP contribution >= 0.6 is 11.8 Å². The number of nitrogens with zero attached hydrogens (tertiary/aromatic N) is 1. The van der Waals surface area contributed by atoms with Crippen LogP contribution in [-0.4, -0.2) is 28.8 Å². The normalized spacial score (nSPS) is 19.9. The lowest BCUT2D eigenvalue weighted by molar-refractivity contribution is 0.371. The maximum Gasteiger partial charge on any atom is 0.166 e. The Labute approximate surface area is 117 Å². The van der Waals surface area contributed by atoms with E-state index in [9.17, 15) is 0 Å². The molecule has 102 valence electrons. The maximum absolute atomic E-state index is 5.77. The molecule has 1 aromatic heterocycles. The number of piperidine rings is 1. The highest BCUT2D eigenvalue weighted by Crippen LogP contribution is 2.24. The number of benzene rings is 1. The van der Waals surface area contributed by atoms with Crippen LogP contribution in [0.4, 0.5) is 5.69 Å². The molecular formula is C14H20N4S. The predicted molar refractivity (Wildman–Crippen MR) is 81.4 cm³/mol. The lowest BCUT2D eigenvalue weighted by atomic mass is 9.97. The highest BCUT2D eigenvalue weighted by molar-refractivity contribution is 7.99. The summed E-state index contributed by atoms with van der Waals surface area (Å²) in [6.07, 6.45) is 3.94. The monoisotopic (exact) mass is 276 g/mol. The summed E-state index contributed by atoms with van der Waals surface area (Å²) in [7, 11) is 0. The number of imidazole rings is 1. The van der Waals surface area contributed by atoms with Crippen LogP contribution in [0.1, 0.15) is 19.3 Å². The molecule has 1 saturated heterocycles. The van der Waals surface area contributed by atoms with Crippen LogP contribution in [0, 0.1) is 5.92 Å².